The van der Waals surface area contributed by atoms with Crippen LogP contribution in [0.25, 0.3) is 11.1 Å². The Morgan fingerprint density at radius 3 is 2.00 bits per heavy atom. The van der Waals surface area contributed by atoms with E-state index < -0.39 is 30.1 Å². The fourth-order valence-electron chi connectivity index (χ4n) is 3.86. The van der Waals surface area contributed by atoms with E-state index in [1.165, 1.54) is 6.92 Å². The number of carboxylic acids is 1. The summed E-state index contributed by atoms with van der Waals surface area (Å²) >= 11 is 0. The molecule has 2 amide bonds. The quantitative estimate of drug-likeness (QED) is 0.601. The molecule has 0 fully saturated rings. The molecule has 31 heavy (non-hydrogen) atoms. The van der Waals surface area contributed by atoms with Crippen LogP contribution in [0.1, 0.15) is 44.2 Å². The lowest BCUT2D eigenvalue weighted by Gasteiger charge is -2.22. The number of hydrogen-bond donors (Lipinski definition) is 3. The maximum Gasteiger partial charge on any atom is 0.407 e. The summed E-state index contributed by atoms with van der Waals surface area (Å²) in [5.41, 5.74) is 4.46. The van der Waals surface area contributed by atoms with Gasteiger partial charge in [0.15, 0.2) is 0 Å². The molecular weight excluding hydrogens is 396 g/mol. The molecule has 0 heterocycles. The molecule has 164 valence electrons. The van der Waals surface area contributed by atoms with E-state index in [-0.39, 0.29) is 18.4 Å². The van der Waals surface area contributed by atoms with Gasteiger partial charge in [-0.1, -0.05) is 62.4 Å². The zero-order valence-electron chi connectivity index (χ0n) is 17.9. The Labute approximate surface area is 181 Å². The van der Waals surface area contributed by atoms with E-state index in [0.717, 1.165) is 22.3 Å². The van der Waals surface area contributed by atoms with Crippen LogP contribution in [0, 0.1) is 5.92 Å². The predicted octanol–water partition coefficient (Wildman–Crippen LogP) is 3.53. The smallest absolute Gasteiger partial charge is 0.407 e. The number of nitrogens with one attached hydrogen (secondary N) is 2. The number of carbonyl (C=O) groups excluding carboxylic acids is 2. The van der Waals surface area contributed by atoms with E-state index in [1.807, 2.05) is 50.2 Å². The zero-order chi connectivity index (χ0) is 22.5. The fraction of sp³-hybridized carbons (Fsp3) is 0.375. The van der Waals surface area contributed by atoms with Crippen molar-refractivity contribution in [2.45, 2.75) is 45.2 Å². The largest absolute Gasteiger partial charge is 0.480 e. The Bertz CT molecular complexity index is 926. The van der Waals surface area contributed by atoms with Gasteiger partial charge < -0.3 is 20.5 Å². The SMILES string of the molecule is CC(C)C[C@@H](NC(=O)OCC1c2ccccc2-c2ccccc21)C(=O)NC(C)C(=O)O. The van der Waals surface area contributed by atoms with Gasteiger partial charge in [-0.2, -0.15) is 0 Å². The number of carboxylic acid groups (broad SMARTS) is 1. The summed E-state index contributed by atoms with van der Waals surface area (Å²) in [5, 5.41) is 14.0. The second-order valence-corrected chi connectivity index (χ2v) is 8.22. The molecule has 3 rings (SSSR count). The minimum Gasteiger partial charge on any atom is -0.480 e. The van der Waals surface area contributed by atoms with Crippen molar-refractivity contribution in [3.05, 3.63) is 59.7 Å². The van der Waals surface area contributed by atoms with Crippen LogP contribution in [0.3, 0.4) is 0 Å². The molecule has 0 saturated heterocycles. The third-order valence-electron chi connectivity index (χ3n) is 5.39. The first-order chi connectivity index (χ1) is 14.8. The van der Waals surface area contributed by atoms with E-state index in [1.54, 1.807) is 0 Å². The van der Waals surface area contributed by atoms with Gasteiger partial charge in [0.05, 0.1) is 0 Å². The van der Waals surface area contributed by atoms with Crippen LogP contribution in [-0.2, 0) is 14.3 Å². The molecule has 3 N–H and O–H groups in total. The predicted molar refractivity (Wildman–Crippen MR) is 117 cm³/mol. The highest BCUT2D eigenvalue weighted by atomic mass is 16.5. The van der Waals surface area contributed by atoms with Gasteiger partial charge in [-0.15, -0.1) is 0 Å². The van der Waals surface area contributed by atoms with Crippen molar-refractivity contribution < 1.29 is 24.2 Å². The Balaban J connectivity index is 1.66. The van der Waals surface area contributed by atoms with Crippen molar-refractivity contribution in [2.24, 2.45) is 5.92 Å². The van der Waals surface area contributed by atoms with E-state index in [9.17, 15) is 14.4 Å². The van der Waals surface area contributed by atoms with Crippen LogP contribution in [0.15, 0.2) is 48.5 Å². The molecule has 2 atom stereocenters. The first-order valence-electron chi connectivity index (χ1n) is 10.4. The van der Waals surface area contributed by atoms with Gasteiger partial charge in [0.2, 0.25) is 5.91 Å². The van der Waals surface area contributed by atoms with Gasteiger partial charge in [0.1, 0.15) is 18.7 Å². The summed E-state index contributed by atoms with van der Waals surface area (Å²) in [4.78, 5) is 36.0. The molecule has 7 heteroatoms. The molecule has 0 spiro atoms. The molecule has 0 bridgehead atoms. The number of rotatable bonds is 8. The number of ether oxygens (including phenoxy) is 1. The standard InChI is InChI=1S/C24H28N2O5/c1-14(2)12-21(22(27)25-15(3)23(28)29)26-24(30)31-13-20-18-10-6-4-8-16(18)17-9-5-7-11-19(17)20/h4-11,14-15,20-21H,12-13H2,1-3H3,(H,25,27)(H,26,30)(H,28,29)/t15?,21-/m1/s1. The molecule has 1 aliphatic rings. The number of hydrogen-bond acceptors (Lipinski definition) is 4. The third kappa shape index (κ3) is 5.23. The highest BCUT2D eigenvalue weighted by molar-refractivity contribution is 5.89. The van der Waals surface area contributed by atoms with E-state index in [4.69, 9.17) is 9.84 Å². The normalized spacial score (nSPS) is 14.3. The summed E-state index contributed by atoms with van der Waals surface area (Å²) in [6, 6.07) is 14.1. The second kappa shape index (κ2) is 9.64. The summed E-state index contributed by atoms with van der Waals surface area (Å²) in [6.45, 7) is 5.35. The average molecular weight is 424 g/mol. The van der Waals surface area contributed by atoms with Crippen molar-refractivity contribution in [1.29, 1.82) is 0 Å². The van der Waals surface area contributed by atoms with Crippen molar-refractivity contribution in [2.75, 3.05) is 6.61 Å². The summed E-state index contributed by atoms with van der Waals surface area (Å²) in [6.07, 6.45) is -0.340. The summed E-state index contributed by atoms with van der Waals surface area (Å²) in [5.74, 6) is -1.65. The number of alkyl carbamates (subject to hydrolysis) is 1. The number of aliphatic carboxylic acids is 1. The van der Waals surface area contributed by atoms with Crippen LogP contribution in [-0.4, -0.2) is 41.8 Å². The molecule has 2 aromatic rings. The van der Waals surface area contributed by atoms with Gasteiger partial charge in [-0.05, 0) is 41.5 Å². The molecule has 2 aromatic carbocycles. The van der Waals surface area contributed by atoms with Crippen LogP contribution >= 0.6 is 0 Å². The average Bonchev–Trinajstić information content (AvgIpc) is 3.05. The first-order valence-corrected chi connectivity index (χ1v) is 10.4. The lowest BCUT2D eigenvalue weighted by Crippen LogP contribution is -2.51. The van der Waals surface area contributed by atoms with Crippen LogP contribution in [0.2, 0.25) is 0 Å². The lowest BCUT2D eigenvalue weighted by atomic mass is 9.98. The van der Waals surface area contributed by atoms with E-state index in [2.05, 4.69) is 22.8 Å². The summed E-state index contributed by atoms with van der Waals surface area (Å²) in [7, 11) is 0. The number of benzene rings is 2. The van der Waals surface area contributed by atoms with Crippen molar-refractivity contribution in [3.8, 4) is 11.1 Å². The molecule has 0 aromatic heterocycles. The molecule has 0 radical (unpaired) electrons. The third-order valence-corrected chi connectivity index (χ3v) is 5.39. The van der Waals surface area contributed by atoms with Gasteiger partial charge in [0, 0.05) is 5.92 Å². The van der Waals surface area contributed by atoms with Crippen LogP contribution in [0.4, 0.5) is 4.79 Å². The first kappa shape index (κ1) is 22.3. The van der Waals surface area contributed by atoms with Crippen LogP contribution < -0.4 is 10.6 Å². The molecule has 1 unspecified atom stereocenters. The molecule has 0 saturated carbocycles. The zero-order valence-corrected chi connectivity index (χ0v) is 17.9. The van der Waals surface area contributed by atoms with E-state index in [0.29, 0.717) is 6.42 Å². The maximum atomic E-state index is 12.5. The monoisotopic (exact) mass is 424 g/mol. The van der Waals surface area contributed by atoms with Gasteiger partial charge in [-0.25, -0.2) is 4.79 Å². The van der Waals surface area contributed by atoms with E-state index >= 15 is 0 Å². The van der Waals surface area contributed by atoms with Gasteiger partial charge in [0.25, 0.3) is 0 Å². The highest BCUT2D eigenvalue weighted by Crippen LogP contribution is 2.44. The fourth-order valence-corrected chi connectivity index (χ4v) is 3.86. The molecule has 7 nitrogen and oxygen atoms in total. The van der Waals surface area contributed by atoms with Gasteiger partial charge in [-0.3, -0.25) is 9.59 Å². The molecule has 1 aliphatic carbocycles. The van der Waals surface area contributed by atoms with Crippen molar-refractivity contribution in [1.82, 2.24) is 10.6 Å². The number of amides is 2. The minimum atomic E-state index is -1.14. The lowest BCUT2D eigenvalue weighted by molar-refractivity contribution is -0.141. The second-order valence-electron chi connectivity index (χ2n) is 8.22. The topological polar surface area (TPSA) is 105 Å². The number of fused-ring (bicyclic) bond motifs is 3. The van der Waals surface area contributed by atoms with Gasteiger partial charge >= 0.3 is 12.1 Å². The highest BCUT2D eigenvalue weighted by Gasteiger charge is 2.30. The molecule has 0 aliphatic heterocycles. The Morgan fingerprint density at radius 1 is 0.935 bits per heavy atom. The van der Waals surface area contributed by atoms with Crippen LogP contribution in [0.5, 0.6) is 0 Å². The minimum absolute atomic E-state index is 0.0810. The van der Waals surface area contributed by atoms with Crippen molar-refractivity contribution >= 4 is 18.0 Å². The maximum absolute atomic E-state index is 12.5. The Kier molecular flexibility index (Phi) is 6.95. The number of carbonyl (C=O) groups is 3. The Hall–Kier alpha value is -3.35. The van der Waals surface area contributed by atoms with Crippen molar-refractivity contribution in [3.63, 3.8) is 0 Å². The molecular formula is C24H28N2O5. The summed E-state index contributed by atoms with van der Waals surface area (Å²) < 4.78 is 5.51. The Morgan fingerprint density at radius 2 is 1.48 bits per heavy atom.